The summed E-state index contributed by atoms with van der Waals surface area (Å²) in [6.45, 7) is 2.55. The van der Waals surface area contributed by atoms with Gasteiger partial charge in [0.05, 0.1) is 16.3 Å². The smallest absolute Gasteiger partial charge is 0.330 e. The number of thiazole rings is 1. The second kappa shape index (κ2) is 9.19. The Morgan fingerprint density at radius 1 is 1.24 bits per heavy atom. The lowest BCUT2D eigenvalue weighted by atomic mass is 10.3. The highest BCUT2D eigenvalue weighted by Gasteiger charge is 2.10. The molecule has 0 saturated heterocycles. The van der Waals surface area contributed by atoms with E-state index in [0.29, 0.717) is 18.7 Å². The molecule has 0 saturated carbocycles. The average molecular weight is 435 g/mol. The number of nitrogens with zero attached hydrogens (tertiary/aromatic N) is 3. The molecule has 0 atom stereocenters. The van der Waals surface area contributed by atoms with Crippen LogP contribution in [0.3, 0.4) is 0 Å². The molecule has 154 valence electrons. The van der Waals surface area contributed by atoms with Crippen LogP contribution in [0.1, 0.15) is 23.4 Å². The van der Waals surface area contributed by atoms with Crippen molar-refractivity contribution in [2.75, 3.05) is 11.9 Å². The number of anilines is 1. The lowest BCUT2D eigenvalue weighted by molar-refractivity contribution is -0.145. The molecule has 0 fully saturated rings. The predicted molar refractivity (Wildman–Crippen MR) is 115 cm³/mol. The zero-order valence-corrected chi connectivity index (χ0v) is 18.1. The molecular weight excluding hydrogens is 412 g/mol. The third-order valence-electron chi connectivity index (χ3n) is 4.34. The Bertz CT molecular complexity index is 1130. The molecule has 0 unspecified atom stereocenters. The summed E-state index contributed by atoms with van der Waals surface area (Å²) in [6.07, 6.45) is 0.815. The molecule has 0 spiro atoms. The maximum absolute atomic E-state index is 11.9. The van der Waals surface area contributed by atoms with Gasteiger partial charge in [0.25, 0.3) is 5.56 Å². The molecule has 3 heterocycles. The van der Waals surface area contributed by atoms with Crippen molar-refractivity contribution in [1.29, 1.82) is 0 Å². The van der Waals surface area contributed by atoms with Crippen molar-refractivity contribution in [3.05, 3.63) is 55.0 Å². The number of aryl methyl sites for hydroxylation is 1. The number of nitrogens with one attached hydrogen (secondary N) is 1. The normalized spacial score (nSPS) is 10.9. The first kappa shape index (κ1) is 21.0. The molecule has 0 radical (unpaired) electrons. The van der Waals surface area contributed by atoms with E-state index in [-0.39, 0.29) is 19.0 Å². The molecule has 3 rings (SSSR count). The van der Waals surface area contributed by atoms with Crippen LogP contribution in [0.5, 0.6) is 0 Å². The van der Waals surface area contributed by atoms with Gasteiger partial charge in [0.15, 0.2) is 5.13 Å². The second-order valence-electron chi connectivity index (χ2n) is 6.51. The largest absolute Gasteiger partial charge is 0.459 e. The van der Waals surface area contributed by atoms with Gasteiger partial charge in [-0.25, -0.2) is 9.78 Å². The summed E-state index contributed by atoms with van der Waals surface area (Å²) in [7, 11) is 2.94. The van der Waals surface area contributed by atoms with Crippen LogP contribution in [0.2, 0.25) is 0 Å². The first-order chi connectivity index (χ1) is 13.8. The van der Waals surface area contributed by atoms with Crippen molar-refractivity contribution in [2.45, 2.75) is 26.4 Å². The minimum Gasteiger partial charge on any atom is -0.459 e. The lowest BCUT2D eigenvalue weighted by Gasteiger charge is -2.10. The van der Waals surface area contributed by atoms with Crippen LogP contribution in [-0.2, 0) is 30.2 Å². The van der Waals surface area contributed by atoms with E-state index in [1.807, 2.05) is 5.38 Å². The Hall–Kier alpha value is -2.72. The Kier molecular flexibility index (Phi) is 6.65. The molecule has 0 bridgehead atoms. The number of ether oxygens (including phenoxy) is 1. The van der Waals surface area contributed by atoms with E-state index in [1.54, 1.807) is 11.3 Å². The van der Waals surface area contributed by atoms with Crippen molar-refractivity contribution in [1.82, 2.24) is 14.1 Å². The van der Waals surface area contributed by atoms with Gasteiger partial charge in [0.1, 0.15) is 6.61 Å². The molecule has 3 aromatic heterocycles. The number of rotatable bonds is 8. The van der Waals surface area contributed by atoms with E-state index >= 15 is 0 Å². The maximum Gasteiger partial charge on any atom is 0.330 e. The average Bonchev–Trinajstić information content (AvgIpc) is 3.34. The first-order valence-electron chi connectivity index (χ1n) is 9.03. The summed E-state index contributed by atoms with van der Waals surface area (Å²) in [4.78, 5) is 42.4. The van der Waals surface area contributed by atoms with Crippen LogP contribution in [0.4, 0.5) is 5.13 Å². The van der Waals surface area contributed by atoms with E-state index in [4.69, 9.17) is 4.74 Å². The van der Waals surface area contributed by atoms with Crippen molar-refractivity contribution in [3.63, 3.8) is 0 Å². The second-order valence-corrected chi connectivity index (χ2v) is 8.66. The van der Waals surface area contributed by atoms with Gasteiger partial charge in [-0.15, -0.1) is 22.7 Å². The number of carbonyl (C=O) groups is 1. The lowest BCUT2D eigenvalue weighted by Crippen LogP contribution is -2.38. The highest BCUT2D eigenvalue weighted by atomic mass is 32.1. The quantitative estimate of drug-likeness (QED) is 0.432. The molecule has 0 aromatic carbocycles. The fraction of sp³-hybridized carbons (Fsp3) is 0.368. The minimum atomic E-state index is -0.451. The van der Waals surface area contributed by atoms with E-state index in [0.717, 1.165) is 20.3 Å². The van der Waals surface area contributed by atoms with Crippen LogP contribution in [0.25, 0.3) is 10.6 Å². The maximum atomic E-state index is 11.9. The highest BCUT2D eigenvalue weighted by molar-refractivity contribution is 7.16. The molecular formula is C19H22N4O4S2. The van der Waals surface area contributed by atoms with Crippen LogP contribution in [0.15, 0.2) is 33.2 Å². The van der Waals surface area contributed by atoms with Crippen LogP contribution in [0, 0.1) is 6.92 Å². The zero-order valence-electron chi connectivity index (χ0n) is 16.4. The highest BCUT2D eigenvalue weighted by Crippen LogP contribution is 2.30. The Balaban J connectivity index is 1.42. The van der Waals surface area contributed by atoms with E-state index in [1.165, 1.54) is 40.9 Å². The first-order valence-corrected chi connectivity index (χ1v) is 10.7. The SMILES string of the molecule is Cc1ccc(-c2csc(NCCCC(=O)OCc3cc(=O)n(C)c(=O)n3C)n2)s1. The number of aromatic nitrogens is 3. The molecule has 0 amide bonds. The molecule has 0 aliphatic carbocycles. The Morgan fingerprint density at radius 3 is 2.76 bits per heavy atom. The zero-order chi connectivity index (χ0) is 21.0. The molecule has 1 N–H and O–H groups in total. The Morgan fingerprint density at radius 2 is 2.03 bits per heavy atom. The van der Waals surface area contributed by atoms with Gasteiger partial charge in [-0.1, -0.05) is 0 Å². The van der Waals surface area contributed by atoms with Gasteiger partial charge in [-0.2, -0.15) is 0 Å². The van der Waals surface area contributed by atoms with E-state index in [9.17, 15) is 14.4 Å². The molecule has 0 aliphatic rings. The third-order valence-corrected chi connectivity index (χ3v) is 6.16. The summed E-state index contributed by atoms with van der Waals surface area (Å²) >= 11 is 3.24. The van der Waals surface area contributed by atoms with Crippen molar-refractivity contribution in [3.8, 4) is 10.6 Å². The topological polar surface area (TPSA) is 95.2 Å². The summed E-state index contributed by atoms with van der Waals surface area (Å²) in [5, 5.41) is 6.04. The van der Waals surface area contributed by atoms with Crippen molar-refractivity contribution >= 4 is 33.8 Å². The number of hydrogen-bond acceptors (Lipinski definition) is 8. The van der Waals surface area contributed by atoms with Gasteiger partial charge in [-0.3, -0.25) is 18.7 Å². The van der Waals surface area contributed by atoms with Crippen LogP contribution in [-0.4, -0.2) is 26.6 Å². The fourth-order valence-corrected chi connectivity index (χ4v) is 4.25. The predicted octanol–water partition coefficient (Wildman–Crippen LogP) is 2.51. The number of esters is 1. The monoisotopic (exact) mass is 434 g/mol. The molecule has 10 heteroatoms. The van der Waals surface area contributed by atoms with Gasteiger partial charge in [0, 0.05) is 43.4 Å². The minimum absolute atomic E-state index is 0.107. The summed E-state index contributed by atoms with van der Waals surface area (Å²) in [5.74, 6) is -0.381. The fourth-order valence-electron chi connectivity index (χ4n) is 2.61. The van der Waals surface area contributed by atoms with Gasteiger partial charge in [0.2, 0.25) is 0 Å². The van der Waals surface area contributed by atoms with Crippen LogP contribution < -0.4 is 16.6 Å². The van der Waals surface area contributed by atoms with Crippen molar-refractivity contribution in [2.24, 2.45) is 14.1 Å². The molecule has 0 aliphatic heterocycles. The van der Waals surface area contributed by atoms with E-state index < -0.39 is 11.2 Å². The number of carbonyl (C=O) groups excluding carboxylic acids is 1. The molecule has 29 heavy (non-hydrogen) atoms. The van der Waals surface area contributed by atoms with Gasteiger partial charge < -0.3 is 10.1 Å². The molecule has 8 nitrogen and oxygen atoms in total. The third kappa shape index (κ3) is 5.21. The van der Waals surface area contributed by atoms with Gasteiger partial charge in [-0.05, 0) is 25.5 Å². The van der Waals surface area contributed by atoms with Crippen molar-refractivity contribution < 1.29 is 9.53 Å². The summed E-state index contributed by atoms with van der Waals surface area (Å²) < 4.78 is 7.49. The van der Waals surface area contributed by atoms with E-state index in [2.05, 4.69) is 29.4 Å². The summed E-state index contributed by atoms with van der Waals surface area (Å²) in [5.41, 5.74) is 0.440. The standard InChI is InChI=1S/C19H22N4O4S2/c1-12-6-7-15(29-12)14-11-28-18(21-14)20-8-4-5-17(25)27-10-13-9-16(24)23(3)19(26)22(13)2/h6-7,9,11H,4-5,8,10H2,1-3H3,(H,20,21). The number of thiophene rings is 1. The van der Waals surface area contributed by atoms with Crippen LogP contribution >= 0.6 is 22.7 Å². The Labute approximate surface area is 175 Å². The van der Waals surface area contributed by atoms with Gasteiger partial charge >= 0.3 is 11.7 Å². The summed E-state index contributed by atoms with van der Waals surface area (Å²) in [6, 6.07) is 5.43. The number of hydrogen-bond donors (Lipinski definition) is 1. The molecule has 3 aromatic rings.